The van der Waals surface area contributed by atoms with Gasteiger partial charge in [-0.15, -0.1) is 0 Å². The summed E-state index contributed by atoms with van der Waals surface area (Å²) in [5.74, 6) is 0. The molecule has 1 fully saturated rings. The lowest BCUT2D eigenvalue weighted by molar-refractivity contribution is 0.0152. The second-order valence-corrected chi connectivity index (χ2v) is 7.92. The maximum Gasteiger partial charge on any atom is 0.410 e. The van der Waals surface area contributed by atoms with Crippen molar-refractivity contribution in [2.24, 2.45) is 0 Å². The van der Waals surface area contributed by atoms with Crippen molar-refractivity contribution in [1.29, 1.82) is 0 Å². The van der Waals surface area contributed by atoms with E-state index < -0.39 is 5.60 Å². The second-order valence-electron chi connectivity index (χ2n) is 6.96. The van der Waals surface area contributed by atoms with Crippen molar-refractivity contribution in [3.8, 4) is 0 Å². The van der Waals surface area contributed by atoms with Crippen LogP contribution in [0, 0.1) is 0 Å². The van der Waals surface area contributed by atoms with Crippen LogP contribution in [0.3, 0.4) is 0 Å². The number of rotatable bonds is 2. The summed E-state index contributed by atoms with van der Waals surface area (Å²) >= 11 is 3.72. The molecule has 0 unspecified atom stereocenters. The van der Waals surface area contributed by atoms with Gasteiger partial charge >= 0.3 is 6.09 Å². The third kappa shape index (κ3) is 5.29. The molecule has 0 atom stereocenters. The molecule has 1 aliphatic carbocycles. The van der Waals surface area contributed by atoms with E-state index in [1.165, 1.54) is 30.2 Å². The number of halogens is 1. The molecule has 1 amide bonds. The summed E-state index contributed by atoms with van der Waals surface area (Å²) in [7, 11) is 0. The van der Waals surface area contributed by atoms with Crippen LogP contribution < -0.4 is 0 Å². The summed E-state index contributed by atoms with van der Waals surface area (Å²) in [5.41, 5.74) is 1.14. The maximum absolute atomic E-state index is 12.0. The maximum atomic E-state index is 12.0. The van der Waals surface area contributed by atoms with E-state index in [4.69, 9.17) is 4.74 Å². The predicted molar refractivity (Wildman–Crippen MR) is 88.7 cm³/mol. The predicted octanol–water partition coefficient (Wildman–Crippen LogP) is 3.76. The minimum Gasteiger partial charge on any atom is -0.444 e. The molecule has 120 valence electrons. The van der Waals surface area contributed by atoms with Crippen LogP contribution in [0.15, 0.2) is 10.1 Å². The van der Waals surface area contributed by atoms with Crippen molar-refractivity contribution in [3.05, 3.63) is 10.1 Å². The molecule has 0 radical (unpaired) electrons. The molecule has 0 bridgehead atoms. The minimum atomic E-state index is -0.411. The first-order valence-electron chi connectivity index (χ1n) is 7.92. The van der Waals surface area contributed by atoms with Gasteiger partial charge in [-0.2, -0.15) is 0 Å². The van der Waals surface area contributed by atoms with E-state index in [2.05, 4.69) is 20.8 Å². The zero-order chi connectivity index (χ0) is 15.5. The van der Waals surface area contributed by atoms with Crippen LogP contribution in [0.1, 0.15) is 46.5 Å². The number of piperazine rings is 1. The minimum absolute atomic E-state index is 0.180. The molecule has 0 aromatic heterocycles. The Morgan fingerprint density at radius 1 is 1.14 bits per heavy atom. The molecule has 0 saturated carbocycles. The Morgan fingerprint density at radius 3 is 2.33 bits per heavy atom. The van der Waals surface area contributed by atoms with Crippen molar-refractivity contribution in [3.63, 3.8) is 0 Å². The van der Waals surface area contributed by atoms with Gasteiger partial charge in [0.05, 0.1) is 0 Å². The topological polar surface area (TPSA) is 32.8 Å². The Kier molecular flexibility index (Phi) is 5.72. The largest absolute Gasteiger partial charge is 0.444 e. The van der Waals surface area contributed by atoms with Crippen LogP contribution in [0.2, 0.25) is 0 Å². The van der Waals surface area contributed by atoms with Crippen LogP contribution >= 0.6 is 15.9 Å². The Bertz CT molecular complexity index is 407. The molecule has 1 saturated heterocycles. The number of allylic oxidation sites excluding steroid dienone is 1. The molecule has 5 heteroatoms. The fraction of sp³-hybridized carbons (Fsp3) is 0.812. The quantitative estimate of drug-likeness (QED) is 0.753. The summed E-state index contributed by atoms with van der Waals surface area (Å²) in [6.07, 6.45) is 4.83. The Balaban J connectivity index is 1.79. The van der Waals surface area contributed by atoms with Gasteiger partial charge in [-0.25, -0.2) is 4.79 Å². The highest BCUT2D eigenvalue weighted by atomic mass is 79.9. The van der Waals surface area contributed by atoms with Crippen LogP contribution in [0.4, 0.5) is 4.79 Å². The first-order chi connectivity index (χ1) is 9.85. The Labute approximate surface area is 136 Å². The van der Waals surface area contributed by atoms with Crippen LogP contribution in [0.25, 0.3) is 0 Å². The van der Waals surface area contributed by atoms with Crippen molar-refractivity contribution < 1.29 is 9.53 Å². The van der Waals surface area contributed by atoms with E-state index in [-0.39, 0.29) is 6.09 Å². The van der Waals surface area contributed by atoms with Gasteiger partial charge in [0, 0.05) is 32.7 Å². The summed E-state index contributed by atoms with van der Waals surface area (Å²) in [5, 5.41) is 0. The molecule has 0 N–H and O–H groups in total. The van der Waals surface area contributed by atoms with E-state index in [1.54, 1.807) is 5.57 Å². The molecule has 1 aliphatic heterocycles. The third-order valence-electron chi connectivity index (χ3n) is 3.95. The van der Waals surface area contributed by atoms with E-state index >= 15 is 0 Å². The van der Waals surface area contributed by atoms with Gasteiger partial charge in [0.25, 0.3) is 0 Å². The summed E-state index contributed by atoms with van der Waals surface area (Å²) < 4.78 is 6.84. The molecule has 0 aromatic carbocycles. The van der Waals surface area contributed by atoms with Crippen molar-refractivity contribution in [2.75, 3.05) is 32.7 Å². The Morgan fingerprint density at radius 2 is 1.76 bits per heavy atom. The smallest absolute Gasteiger partial charge is 0.410 e. The summed E-state index contributed by atoms with van der Waals surface area (Å²) in [6.45, 7) is 10.2. The third-order valence-corrected chi connectivity index (χ3v) is 4.90. The van der Waals surface area contributed by atoms with E-state index in [1.807, 2.05) is 25.7 Å². The van der Waals surface area contributed by atoms with Crippen LogP contribution in [-0.4, -0.2) is 54.2 Å². The zero-order valence-electron chi connectivity index (χ0n) is 13.5. The van der Waals surface area contributed by atoms with E-state index in [9.17, 15) is 4.79 Å². The number of nitrogens with zero attached hydrogens (tertiary/aromatic N) is 2. The normalized spacial score (nSPS) is 21.6. The number of carbonyl (C=O) groups excluding carboxylic acids is 1. The van der Waals surface area contributed by atoms with Gasteiger partial charge in [0.2, 0.25) is 0 Å². The van der Waals surface area contributed by atoms with Gasteiger partial charge in [0.1, 0.15) is 5.60 Å². The molecule has 0 aromatic rings. The van der Waals surface area contributed by atoms with Gasteiger partial charge in [0.15, 0.2) is 0 Å². The van der Waals surface area contributed by atoms with Gasteiger partial charge in [-0.05, 0) is 56.5 Å². The fourth-order valence-corrected chi connectivity index (χ4v) is 3.38. The first-order valence-corrected chi connectivity index (χ1v) is 8.71. The Hall–Kier alpha value is -0.550. The van der Waals surface area contributed by atoms with E-state index in [0.29, 0.717) is 0 Å². The number of ether oxygens (including phenoxy) is 1. The highest BCUT2D eigenvalue weighted by Gasteiger charge is 2.26. The number of hydrogen-bond donors (Lipinski definition) is 0. The lowest BCUT2D eigenvalue weighted by Crippen LogP contribution is -2.50. The molecular weight excluding hydrogens is 332 g/mol. The lowest BCUT2D eigenvalue weighted by atomic mass is 9.99. The van der Waals surface area contributed by atoms with Crippen LogP contribution in [0.5, 0.6) is 0 Å². The molecule has 1 heterocycles. The number of carbonyl (C=O) groups is 1. The van der Waals surface area contributed by atoms with E-state index in [0.717, 1.165) is 32.7 Å². The standard InChI is InChI=1S/C16H27BrN2O2/c1-16(2,3)21-15(20)19-10-8-18(9-11-19)12-13-6-4-5-7-14(13)17/h4-12H2,1-3H3. The van der Waals surface area contributed by atoms with Crippen LogP contribution in [-0.2, 0) is 4.74 Å². The molecular formula is C16H27BrN2O2. The monoisotopic (exact) mass is 358 g/mol. The number of hydrogen-bond acceptors (Lipinski definition) is 3. The highest BCUT2D eigenvalue weighted by molar-refractivity contribution is 9.11. The van der Waals surface area contributed by atoms with Crippen molar-refractivity contribution in [1.82, 2.24) is 9.80 Å². The van der Waals surface area contributed by atoms with Crippen molar-refractivity contribution >= 4 is 22.0 Å². The number of amides is 1. The molecule has 2 rings (SSSR count). The molecule has 2 aliphatic rings. The molecule has 21 heavy (non-hydrogen) atoms. The molecule has 0 spiro atoms. The zero-order valence-corrected chi connectivity index (χ0v) is 15.0. The second kappa shape index (κ2) is 7.14. The lowest BCUT2D eigenvalue weighted by Gasteiger charge is -2.36. The van der Waals surface area contributed by atoms with Crippen molar-refractivity contribution in [2.45, 2.75) is 52.1 Å². The van der Waals surface area contributed by atoms with Gasteiger partial charge in [-0.1, -0.05) is 15.9 Å². The average Bonchev–Trinajstić information content (AvgIpc) is 2.40. The summed E-state index contributed by atoms with van der Waals surface area (Å²) in [4.78, 5) is 16.3. The fourth-order valence-electron chi connectivity index (χ4n) is 2.78. The summed E-state index contributed by atoms with van der Waals surface area (Å²) in [6, 6.07) is 0. The molecule has 4 nitrogen and oxygen atoms in total. The highest BCUT2D eigenvalue weighted by Crippen LogP contribution is 2.29. The SMILES string of the molecule is CC(C)(C)OC(=O)N1CCN(CC2=C(Br)CCCC2)CC1. The average molecular weight is 359 g/mol. The van der Waals surface area contributed by atoms with Gasteiger partial charge in [-0.3, -0.25) is 4.90 Å². The first kappa shape index (κ1) is 16.8. The van der Waals surface area contributed by atoms with Gasteiger partial charge < -0.3 is 9.64 Å².